The van der Waals surface area contributed by atoms with Crippen molar-refractivity contribution in [3.63, 3.8) is 0 Å². The predicted molar refractivity (Wildman–Crippen MR) is 57.0 cm³/mol. The Bertz CT molecular complexity index is 181. The number of hydrogen-bond acceptors (Lipinski definition) is 1. The summed E-state index contributed by atoms with van der Waals surface area (Å²) in [6.45, 7) is 4.28. The third-order valence-electron chi connectivity index (χ3n) is 4.42. The quantitative estimate of drug-likeness (QED) is 0.647. The third-order valence-corrected chi connectivity index (χ3v) is 4.42. The molecule has 1 nitrogen and oxygen atoms in total. The molecule has 0 aromatic rings. The minimum absolute atomic E-state index is 0.0394. The summed E-state index contributed by atoms with van der Waals surface area (Å²) in [5.74, 6) is 1.29. The second-order valence-electron chi connectivity index (χ2n) is 5.40. The highest BCUT2D eigenvalue weighted by molar-refractivity contribution is 6.56. The molecule has 0 amide bonds. The molecule has 0 bridgehead atoms. The summed E-state index contributed by atoms with van der Waals surface area (Å²) in [5, 5.41) is 10.6. The van der Waals surface area contributed by atoms with Gasteiger partial charge in [0.15, 0.2) is 0 Å². The highest BCUT2D eigenvalue weighted by Crippen LogP contribution is 2.62. The Labute approximate surface area is 82.0 Å². The summed E-state index contributed by atoms with van der Waals surface area (Å²) in [7, 11) is 0. The first kappa shape index (κ1) is 9.58. The molecule has 0 heterocycles. The molecule has 2 fully saturated rings. The Kier molecular flexibility index (Phi) is 2.44. The monoisotopic (exact) mass is 180 g/mol. The second-order valence-corrected chi connectivity index (χ2v) is 5.40. The van der Waals surface area contributed by atoms with Crippen molar-refractivity contribution >= 4 is 6.92 Å². The van der Waals surface area contributed by atoms with E-state index in [1.165, 1.54) is 38.5 Å². The van der Waals surface area contributed by atoms with Crippen molar-refractivity contribution in [3.05, 3.63) is 0 Å². The average molecular weight is 180 g/mol. The second kappa shape index (κ2) is 3.31. The van der Waals surface area contributed by atoms with E-state index in [0.29, 0.717) is 11.1 Å². The van der Waals surface area contributed by atoms with Crippen LogP contribution in [-0.2, 0) is 0 Å². The predicted octanol–water partition coefficient (Wildman–Crippen LogP) is 3.10. The Balaban J connectivity index is 2.17. The Morgan fingerprint density at radius 2 is 1.77 bits per heavy atom. The van der Waals surface area contributed by atoms with Crippen LogP contribution in [0.2, 0.25) is 11.1 Å². The summed E-state index contributed by atoms with van der Waals surface area (Å²) in [6.07, 6.45) is 8.05. The third kappa shape index (κ3) is 1.34. The van der Waals surface area contributed by atoms with Crippen LogP contribution in [0.4, 0.5) is 0 Å². The summed E-state index contributed by atoms with van der Waals surface area (Å²) in [4.78, 5) is 0. The number of rotatable bonds is 2. The highest BCUT2D eigenvalue weighted by Gasteiger charge is 2.53. The van der Waals surface area contributed by atoms with Crippen LogP contribution in [0.15, 0.2) is 0 Å². The van der Waals surface area contributed by atoms with Gasteiger partial charge in [-0.3, -0.25) is 0 Å². The summed E-state index contributed by atoms with van der Waals surface area (Å²) in [6, 6.07) is 0. The zero-order chi connectivity index (χ0) is 9.47. The smallest absolute Gasteiger partial charge is 0.298 e. The highest BCUT2D eigenvalue weighted by atomic mass is 16.2. The van der Waals surface area contributed by atoms with Crippen molar-refractivity contribution in [1.29, 1.82) is 0 Å². The van der Waals surface area contributed by atoms with Gasteiger partial charge in [0.25, 0.3) is 6.92 Å². The molecule has 0 aromatic carbocycles. The van der Waals surface area contributed by atoms with Crippen molar-refractivity contribution in [2.75, 3.05) is 0 Å². The molecule has 0 unspecified atom stereocenters. The van der Waals surface area contributed by atoms with Gasteiger partial charge in [0.1, 0.15) is 0 Å². The topological polar surface area (TPSA) is 20.2 Å². The molecule has 0 aliphatic heterocycles. The molecule has 2 heteroatoms. The van der Waals surface area contributed by atoms with Crippen molar-refractivity contribution in [2.24, 2.45) is 5.92 Å². The minimum Gasteiger partial charge on any atom is -0.450 e. The van der Waals surface area contributed by atoms with Gasteiger partial charge in [0.05, 0.1) is 0 Å². The Hall–Kier alpha value is 0.0249. The van der Waals surface area contributed by atoms with Crippen LogP contribution in [-0.4, -0.2) is 11.9 Å². The molecule has 2 saturated carbocycles. The van der Waals surface area contributed by atoms with Crippen LogP contribution >= 0.6 is 0 Å². The van der Waals surface area contributed by atoms with E-state index in [1.54, 1.807) is 0 Å². The molecule has 1 N–H and O–H groups in total. The maximum Gasteiger partial charge on any atom is 0.298 e. The van der Waals surface area contributed by atoms with Gasteiger partial charge in [-0.1, -0.05) is 52.4 Å². The lowest BCUT2D eigenvalue weighted by Gasteiger charge is -2.34. The summed E-state index contributed by atoms with van der Waals surface area (Å²) in [5.41, 5.74) is 0. The number of fused-ring (bicyclic) bond motifs is 1. The van der Waals surface area contributed by atoms with E-state index in [0.717, 1.165) is 5.92 Å². The zero-order valence-corrected chi connectivity index (χ0v) is 8.92. The summed E-state index contributed by atoms with van der Waals surface area (Å²) >= 11 is 0. The van der Waals surface area contributed by atoms with E-state index < -0.39 is 0 Å². The Morgan fingerprint density at radius 3 is 2.23 bits per heavy atom. The first-order valence-corrected chi connectivity index (χ1v) is 5.85. The molecule has 0 atom stereocenters. The largest absolute Gasteiger partial charge is 0.450 e. The van der Waals surface area contributed by atoms with E-state index in [2.05, 4.69) is 13.8 Å². The van der Waals surface area contributed by atoms with Crippen molar-refractivity contribution < 1.29 is 5.02 Å². The van der Waals surface area contributed by atoms with Gasteiger partial charge >= 0.3 is 0 Å². The van der Waals surface area contributed by atoms with Gasteiger partial charge in [0, 0.05) is 0 Å². The Morgan fingerprint density at radius 1 is 1.23 bits per heavy atom. The fourth-order valence-corrected chi connectivity index (χ4v) is 3.81. The lowest BCUT2D eigenvalue weighted by molar-refractivity contribution is 0.393. The van der Waals surface area contributed by atoms with E-state index >= 15 is 0 Å². The van der Waals surface area contributed by atoms with Crippen molar-refractivity contribution in [1.82, 2.24) is 0 Å². The SMILES string of the molecule is CC(C)B(O)C12CCCC1CCC2. The van der Waals surface area contributed by atoms with Crippen LogP contribution in [0.25, 0.3) is 0 Å². The maximum atomic E-state index is 10.3. The molecule has 0 spiro atoms. The minimum atomic E-state index is -0.0394. The molecule has 0 saturated heterocycles. The van der Waals surface area contributed by atoms with Crippen LogP contribution in [0, 0.1) is 5.92 Å². The first-order chi connectivity index (χ1) is 6.17. The van der Waals surface area contributed by atoms with Crippen LogP contribution in [0.3, 0.4) is 0 Å². The molecule has 0 aromatic heterocycles. The molecular formula is C11H21BO. The molecule has 2 aliphatic rings. The van der Waals surface area contributed by atoms with E-state index in [-0.39, 0.29) is 6.92 Å². The van der Waals surface area contributed by atoms with Crippen LogP contribution in [0.5, 0.6) is 0 Å². The maximum absolute atomic E-state index is 10.3. The van der Waals surface area contributed by atoms with Gasteiger partial charge < -0.3 is 5.02 Å². The molecule has 2 rings (SSSR count). The van der Waals surface area contributed by atoms with Gasteiger partial charge in [-0.2, -0.15) is 0 Å². The normalized spacial score (nSPS) is 38.3. The molecular weight excluding hydrogens is 159 g/mol. The van der Waals surface area contributed by atoms with E-state index in [1.807, 2.05) is 0 Å². The first-order valence-electron chi connectivity index (χ1n) is 5.85. The standard InChI is InChI=1S/C11H21BO/c1-9(2)12(13)11-7-3-5-10(11)6-4-8-11/h9-10,13H,3-8H2,1-2H3. The molecule has 2 aliphatic carbocycles. The van der Waals surface area contributed by atoms with E-state index in [4.69, 9.17) is 0 Å². The fourth-order valence-electron chi connectivity index (χ4n) is 3.81. The van der Waals surface area contributed by atoms with Gasteiger partial charge in [-0.15, -0.1) is 0 Å². The van der Waals surface area contributed by atoms with Crippen molar-refractivity contribution in [3.8, 4) is 0 Å². The lowest BCUT2D eigenvalue weighted by Crippen LogP contribution is -2.35. The zero-order valence-electron chi connectivity index (χ0n) is 8.92. The van der Waals surface area contributed by atoms with Crippen LogP contribution in [0.1, 0.15) is 52.4 Å². The van der Waals surface area contributed by atoms with Gasteiger partial charge in [-0.05, 0) is 17.0 Å². The van der Waals surface area contributed by atoms with Crippen molar-refractivity contribution in [2.45, 2.75) is 63.5 Å². The van der Waals surface area contributed by atoms with Gasteiger partial charge in [0.2, 0.25) is 0 Å². The fraction of sp³-hybridized carbons (Fsp3) is 1.00. The van der Waals surface area contributed by atoms with Gasteiger partial charge in [-0.25, -0.2) is 0 Å². The number of hydrogen-bond donors (Lipinski definition) is 1. The average Bonchev–Trinajstić information content (AvgIpc) is 2.59. The van der Waals surface area contributed by atoms with E-state index in [9.17, 15) is 5.02 Å². The molecule has 0 radical (unpaired) electrons. The van der Waals surface area contributed by atoms with Crippen LogP contribution < -0.4 is 0 Å². The lowest BCUT2D eigenvalue weighted by atomic mass is 9.37. The molecule has 13 heavy (non-hydrogen) atoms. The molecule has 74 valence electrons. The summed E-state index contributed by atoms with van der Waals surface area (Å²) < 4.78 is 0.